The Kier molecular flexibility index (Phi) is 5.75. The van der Waals surface area contributed by atoms with Crippen LogP contribution in [0.1, 0.15) is 15.9 Å². The molecule has 0 radical (unpaired) electrons. The number of hydrogen-bond donors (Lipinski definition) is 2. The first-order chi connectivity index (χ1) is 13.0. The van der Waals surface area contributed by atoms with Gasteiger partial charge < -0.3 is 14.4 Å². The molecule has 0 fully saturated rings. The third-order valence-electron chi connectivity index (χ3n) is 3.91. The van der Waals surface area contributed by atoms with Crippen molar-refractivity contribution in [2.45, 2.75) is 6.54 Å². The first-order valence-corrected chi connectivity index (χ1v) is 9.04. The minimum Gasteiger partial charge on any atom is -0.496 e. The molecule has 0 aliphatic rings. The Hall–Kier alpha value is -2.88. The quantitative estimate of drug-likeness (QED) is 0.324. The number of carbonyl (C=O) groups excluding carboxylic acids is 1. The van der Waals surface area contributed by atoms with Crippen molar-refractivity contribution in [2.24, 2.45) is 5.10 Å². The Balaban J connectivity index is 1.80. The molecule has 0 aliphatic carbocycles. The highest BCUT2D eigenvalue weighted by molar-refractivity contribution is 14.1. The number of hydrazone groups is 1. The highest BCUT2D eigenvalue weighted by Crippen LogP contribution is 2.22. The molecular formula is C19H16IN3O4. The standard InChI is InChI=1S/C19H16IN3O4/c1-27-17-8-12(6-7-15(17)20)19(26)22-21-9-13-10-23(11-18(24)25)16-5-3-2-4-14(13)16/h2-10H,11H2,1H3,(H,22,26)(H,24,25)/b21-9+. The average molecular weight is 477 g/mol. The predicted molar refractivity (Wildman–Crippen MR) is 110 cm³/mol. The second-order valence-electron chi connectivity index (χ2n) is 5.67. The van der Waals surface area contributed by atoms with E-state index in [0.29, 0.717) is 16.9 Å². The van der Waals surface area contributed by atoms with Gasteiger partial charge in [0, 0.05) is 28.2 Å². The lowest BCUT2D eigenvalue weighted by molar-refractivity contribution is -0.137. The molecule has 2 N–H and O–H groups in total. The summed E-state index contributed by atoms with van der Waals surface area (Å²) in [4.78, 5) is 23.3. The summed E-state index contributed by atoms with van der Waals surface area (Å²) in [6.07, 6.45) is 3.20. The first kappa shape index (κ1) is 18.9. The van der Waals surface area contributed by atoms with Crippen LogP contribution in [0.5, 0.6) is 5.75 Å². The van der Waals surface area contributed by atoms with E-state index in [-0.39, 0.29) is 12.5 Å². The number of fused-ring (bicyclic) bond motifs is 1. The van der Waals surface area contributed by atoms with Gasteiger partial charge in [-0.15, -0.1) is 0 Å². The Morgan fingerprint density at radius 1 is 1.30 bits per heavy atom. The summed E-state index contributed by atoms with van der Waals surface area (Å²) in [5, 5.41) is 13.9. The van der Waals surface area contributed by atoms with Gasteiger partial charge in [0.1, 0.15) is 12.3 Å². The number of rotatable bonds is 6. The minimum absolute atomic E-state index is 0.150. The second kappa shape index (κ2) is 8.21. The Morgan fingerprint density at radius 2 is 2.07 bits per heavy atom. The largest absolute Gasteiger partial charge is 0.496 e. The molecule has 3 rings (SSSR count). The molecule has 1 amide bonds. The van der Waals surface area contributed by atoms with Crippen molar-refractivity contribution in [2.75, 3.05) is 7.11 Å². The number of carboxylic acids is 1. The normalized spacial score (nSPS) is 11.0. The van der Waals surface area contributed by atoms with Gasteiger partial charge in [0.25, 0.3) is 5.91 Å². The van der Waals surface area contributed by atoms with Gasteiger partial charge in [-0.05, 0) is 46.9 Å². The predicted octanol–water partition coefficient (Wildman–Crippen LogP) is 3.10. The Morgan fingerprint density at radius 3 is 2.81 bits per heavy atom. The van der Waals surface area contributed by atoms with E-state index >= 15 is 0 Å². The van der Waals surface area contributed by atoms with E-state index in [9.17, 15) is 9.59 Å². The van der Waals surface area contributed by atoms with Gasteiger partial charge in [-0.25, -0.2) is 5.43 Å². The molecule has 138 valence electrons. The summed E-state index contributed by atoms with van der Waals surface area (Å²) in [6.45, 7) is -0.150. The lowest BCUT2D eigenvalue weighted by Crippen LogP contribution is -2.17. The van der Waals surface area contributed by atoms with Crippen LogP contribution in [-0.4, -0.2) is 34.9 Å². The van der Waals surface area contributed by atoms with Gasteiger partial charge in [-0.2, -0.15) is 5.10 Å². The van der Waals surface area contributed by atoms with E-state index in [2.05, 4.69) is 33.1 Å². The fraction of sp³-hybridized carbons (Fsp3) is 0.105. The monoisotopic (exact) mass is 477 g/mol. The summed E-state index contributed by atoms with van der Waals surface area (Å²) in [5.41, 5.74) is 4.41. The van der Waals surface area contributed by atoms with E-state index in [1.807, 2.05) is 24.3 Å². The van der Waals surface area contributed by atoms with Crippen molar-refractivity contribution < 1.29 is 19.4 Å². The van der Waals surface area contributed by atoms with Crippen LogP contribution in [0, 0.1) is 3.57 Å². The van der Waals surface area contributed by atoms with Crippen LogP contribution in [0.25, 0.3) is 10.9 Å². The highest BCUT2D eigenvalue weighted by atomic mass is 127. The number of halogens is 1. The second-order valence-corrected chi connectivity index (χ2v) is 6.83. The third-order valence-corrected chi connectivity index (χ3v) is 4.80. The van der Waals surface area contributed by atoms with Gasteiger partial charge in [-0.1, -0.05) is 18.2 Å². The number of ether oxygens (including phenoxy) is 1. The maximum absolute atomic E-state index is 12.3. The summed E-state index contributed by atoms with van der Waals surface area (Å²) in [5.74, 6) is -0.681. The molecule has 27 heavy (non-hydrogen) atoms. The zero-order valence-corrected chi connectivity index (χ0v) is 16.5. The topological polar surface area (TPSA) is 92.9 Å². The van der Waals surface area contributed by atoms with E-state index in [1.54, 1.807) is 36.1 Å². The number of benzene rings is 2. The summed E-state index contributed by atoms with van der Waals surface area (Å²) in [6, 6.07) is 12.5. The number of nitrogens with zero attached hydrogens (tertiary/aromatic N) is 2. The van der Waals surface area contributed by atoms with E-state index in [1.165, 1.54) is 6.21 Å². The molecule has 0 unspecified atom stereocenters. The lowest BCUT2D eigenvalue weighted by atomic mass is 10.2. The number of hydrogen-bond acceptors (Lipinski definition) is 4. The van der Waals surface area contributed by atoms with Crippen LogP contribution in [-0.2, 0) is 11.3 Å². The van der Waals surface area contributed by atoms with Crippen molar-refractivity contribution >= 4 is 51.6 Å². The van der Waals surface area contributed by atoms with Crippen molar-refractivity contribution in [1.82, 2.24) is 9.99 Å². The van der Waals surface area contributed by atoms with Crippen LogP contribution in [0.4, 0.5) is 0 Å². The highest BCUT2D eigenvalue weighted by Gasteiger charge is 2.10. The van der Waals surface area contributed by atoms with Gasteiger partial charge in [0.2, 0.25) is 0 Å². The van der Waals surface area contributed by atoms with Gasteiger partial charge in [-0.3, -0.25) is 9.59 Å². The molecule has 3 aromatic rings. The van der Waals surface area contributed by atoms with Crippen molar-refractivity contribution in [3.63, 3.8) is 0 Å². The number of carboxylic acid groups (broad SMARTS) is 1. The van der Waals surface area contributed by atoms with E-state index in [4.69, 9.17) is 9.84 Å². The number of aliphatic carboxylic acids is 1. The Bertz CT molecular complexity index is 1040. The molecule has 0 aliphatic heterocycles. The van der Waals surface area contributed by atoms with Crippen LogP contribution in [0.15, 0.2) is 53.8 Å². The minimum atomic E-state index is -0.930. The van der Waals surface area contributed by atoms with Crippen LogP contribution >= 0.6 is 22.6 Å². The molecule has 1 aromatic heterocycles. The summed E-state index contributed by atoms with van der Waals surface area (Å²) < 4.78 is 7.75. The molecule has 1 heterocycles. The summed E-state index contributed by atoms with van der Waals surface area (Å²) in [7, 11) is 1.55. The van der Waals surface area contributed by atoms with Crippen molar-refractivity contribution in [1.29, 1.82) is 0 Å². The molecule has 7 nitrogen and oxygen atoms in total. The van der Waals surface area contributed by atoms with Gasteiger partial charge in [0.05, 0.1) is 16.9 Å². The number of amides is 1. The van der Waals surface area contributed by atoms with Crippen LogP contribution < -0.4 is 10.2 Å². The number of para-hydroxylation sites is 1. The lowest BCUT2D eigenvalue weighted by Gasteiger charge is -2.05. The third kappa shape index (κ3) is 4.27. The van der Waals surface area contributed by atoms with Crippen molar-refractivity contribution in [3.05, 3.63) is 63.4 Å². The molecule has 0 bridgehead atoms. The zero-order valence-electron chi connectivity index (χ0n) is 14.3. The molecular weight excluding hydrogens is 461 g/mol. The fourth-order valence-electron chi connectivity index (χ4n) is 2.68. The van der Waals surface area contributed by atoms with E-state index < -0.39 is 5.97 Å². The Labute approximate surface area is 168 Å². The number of nitrogens with one attached hydrogen (secondary N) is 1. The van der Waals surface area contributed by atoms with Crippen LogP contribution in [0.3, 0.4) is 0 Å². The van der Waals surface area contributed by atoms with Crippen molar-refractivity contribution in [3.8, 4) is 5.75 Å². The van der Waals surface area contributed by atoms with Gasteiger partial charge in [0.15, 0.2) is 0 Å². The number of aromatic nitrogens is 1. The molecule has 2 aromatic carbocycles. The average Bonchev–Trinajstić information content (AvgIpc) is 2.99. The molecule has 0 saturated heterocycles. The maximum Gasteiger partial charge on any atom is 0.323 e. The molecule has 0 spiro atoms. The maximum atomic E-state index is 12.3. The van der Waals surface area contributed by atoms with Crippen LogP contribution in [0.2, 0.25) is 0 Å². The summed E-state index contributed by atoms with van der Waals surface area (Å²) >= 11 is 2.12. The first-order valence-electron chi connectivity index (χ1n) is 7.96. The molecule has 8 heteroatoms. The number of carbonyl (C=O) groups is 2. The van der Waals surface area contributed by atoms with Gasteiger partial charge >= 0.3 is 5.97 Å². The number of methoxy groups -OCH3 is 1. The molecule has 0 saturated carbocycles. The zero-order chi connectivity index (χ0) is 19.4. The fourth-order valence-corrected chi connectivity index (χ4v) is 3.24. The van der Waals surface area contributed by atoms with E-state index in [0.717, 1.165) is 14.5 Å². The smallest absolute Gasteiger partial charge is 0.323 e. The SMILES string of the molecule is COc1cc(C(=O)N/N=C/c2cn(CC(=O)O)c3ccccc23)ccc1I. The molecule has 0 atom stereocenters.